The van der Waals surface area contributed by atoms with Crippen molar-refractivity contribution < 1.29 is 13.9 Å². The van der Waals surface area contributed by atoms with E-state index in [0.717, 1.165) is 12.2 Å². The van der Waals surface area contributed by atoms with Crippen molar-refractivity contribution in [2.24, 2.45) is 5.92 Å². The molecule has 0 saturated heterocycles. The number of methoxy groups -OCH3 is 1. The Morgan fingerprint density at radius 1 is 1.38 bits per heavy atom. The molecule has 0 aliphatic heterocycles. The molecular weight excluding hydrogens is 304 g/mol. The molecule has 2 aromatic rings. The number of ether oxygens (including phenoxy) is 1. The number of nitrogens with zero attached hydrogens (tertiary/aromatic N) is 1. The zero-order chi connectivity index (χ0) is 17.1. The van der Waals surface area contributed by atoms with Crippen LogP contribution in [0, 0.1) is 17.2 Å². The fraction of sp³-hybridized carbons (Fsp3) is 0.263. The minimum absolute atomic E-state index is 0.0225. The predicted molar refractivity (Wildman–Crippen MR) is 90.4 cm³/mol. The van der Waals surface area contributed by atoms with Crippen LogP contribution in [0.1, 0.15) is 30.8 Å². The van der Waals surface area contributed by atoms with Gasteiger partial charge in [-0.25, -0.2) is 0 Å². The molecule has 0 unspecified atom stereocenters. The highest BCUT2D eigenvalue weighted by molar-refractivity contribution is 6.10. The molecule has 1 aliphatic carbocycles. The molecule has 1 saturated carbocycles. The Morgan fingerprint density at radius 3 is 2.79 bits per heavy atom. The van der Waals surface area contributed by atoms with Crippen LogP contribution < -0.4 is 10.1 Å². The average Bonchev–Trinajstić information content (AvgIpc) is 3.14. The number of nitriles is 1. The number of carbonyl (C=O) groups is 1. The first-order valence-electron chi connectivity index (χ1n) is 7.78. The van der Waals surface area contributed by atoms with Gasteiger partial charge < -0.3 is 14.5 Å². The second-order valence-corrected chi connectivity index (χ2v) is 5.88. The lowest BCUT2D eigenvalue weighted by molar-refractivity contribution is -0.112. The Kier molecular flexibility index (Phi) is 4.39. The second kappa shape index (κ2) is 6.63. The standard InChI is InChI=1S/C19H18N2O3/c1-12-9-15(12)17-8-7-14(24-17)10-13(11-20)19(22)21-16-5-3-4-6-18(16)23-2/h3-8,10,12,15H,9H2,1-2H3,(H,21,22)/b13-10+/t12-,15-/m1/s1. The molecule has 0 bridgehead atoms. The molecule has 1 aliphatic rings. The van der Waals surface area contributed by atoms with E-state index in [4.69, 9.17) is 9.15 Å². The zero-order valence-corrected chi connectivity index (χ0v) is 13.6. The summed E-state index contributed by atoms with van der Waals surface area (Å²) in [6.45, 7) is 2.17. The molecule has 1 aromatic carbocycles. The molecule has 1 aromatic heterocycles. The van der Waals surface area contributed by atoms with Crippen molar-refractivity contribution in [3.8, 4) is 11.8 Å². The van der Waals surface area contributed by atoms with Crippen molar-refractivity contribution in [3.63, 3.8) is 0 Å². The first-order chi connectivity index (χ1) is 11.6. The van der Waals surface area contributed by atoms with Gasteiger partial charge >= 0.3 is 0 Å². The van der Waals surface area contributed by atoms with Crippen LogP contribution in [0.3, 0.4) is 0 Å². The van der Waals surface area contributed by atoms with Gasteiger partial charge in [0, 0.05) is 12.0 Å². The summed E-state index contributed by atoms with van der Waals surface area (Å²) in [5.74, 6) is 2.55. The van der Waals surface area contributed by atoms with Crippen LogP contribution in [0.2, 0.25) is 0 Å². The Balaban J connectivity index is 1.76. The van der Waals surface area contributed by atoms with Gasteiger partial charge in [-0.15, -0.1) is 0 Å². The van der Waals surface area contributed by atoms with Crippen LogP contribution in [0.4, 0.5) is 5.69 Å². The van der Waals surface area contributed by atoms with E-state index < -0.39 is 5.91 Å². The fourth-order valence-electron chi connectivity index (χ4n) is 2.59. The summed E-state index contributed by atoms with van der Waals surface area (Å²) in [5.41, 5.74) is 0.490. The SMILES string of the molecule is COc1ccccc1NC(=O)/C(C#N)=C/c1ccc([C@@H]2C[C@H]2C)o1. The van der Waals surface area contributed by atoms with Gasteiger partial charge in [-0.2, -0.15) is 5.26 Å². The van der Waals surface area contributed by atoms with E-state index in [0.29, 0.717) is 29.0 Å². The molecule has 122 valence electrons. The lowest BCUT2D eigenvalue weighted by Gasteiger charge is -2.08. The molecule has 1 amide bonds. The van der Waals surface area contributed by atoms with Crippen molar-refractivity contribution in [2.45, 2.75) is 19.3 Å². The minimum atomic E-state index is -0.500. The second-order valence-electron chi connectivity index (χ2n) is 5.88. The van der Waals surface area contributed by atoms with Gasteiger partial charge in [-0.3, -0.25) is 4.79 Å². The summed E-state index contributed by atoms with van der Waals surface area (Å²) in [4.78, 5) is 12.3. The van der Waals surface area contributed by atoms with Gasteiger partial charge in [0.1, 0.15) is 28.9 Å². The number of anilines is 1. The largest absolute Gasteiger partial charge is 0.495 e. The highest BCUT2D eigenvalue weighted by Crippen LogP contribution is 2.47. The third kappa shape index (κ3) is 3.33. The minimum Gasteiger partial charge on any atom is -0.495 e. The Hall–Kier alpha value is -3.00. The zero-order valence-electron chi connectivity index (χ0n) is 13.6. The van der Waals surface area contributed by atoms with Crippen LogP contribution in [-0.2, 0) is 4.79 Å². The van der Waals surface area contributed by atoms with Crippen molar-refractivity contribution in [3.05, 3.63) is 53.5 Å². The quantitative estimate of drug-likeness (QED) is 0.668. The highest BCUT2D eigenvalue weighted by Gasteiger charge is 2.36. The third-order valence-electron chi connectivity index (χ3n) is 4.13. The Morgan fingerprint density at radius 2 is 2.12 bits per heavy atom. The Labute approximate surface area is 140 Å². The summed E-state index contributed by atoms with van der Waals surface area (Å²) in [5, 5.41) is 12.0. The van der Waals surface area contributed by atoms with E-state index in [1.165, 1.54) is 13.2 Å². The molecule has 24 heavy (non-hydrogen) atoms. The predicted octanol–water partition coefficient (Wildman–Crippen LogP) is 3.96. The molecule has 1 heterocycles. The van der Waals surface area contributed by atoms with Crippen molar-refractivity contribution in [1.29, 1.82) is 5.26 Å². The van der Waals surface area contributed by atoms with Gasteiger partial charge in [0.05, 0.1) is 12.8 Å². The number of amides is 1. The fourth-order valence-corrected chi connectivity index (χ4v) is 2.59. The van der Waals surface area contributed by atoms with Gasteiger partial charge in [-0.05, 0) is 36.6 Å². The van der Waals surface area contributed by atoms with Crippen molar-refractivity contribution in [2.75, 3.05) is 12.4 Å². The lowest BCUT2D eigenvalue weighted by Crippen LogP contribution is -2.14. The molecule has 1 N–H and O–H groups in total. The van der Waals surface area contributed by atoms with Gasteiger partial charge in [0.15, 0.2) is 0 Å². The summed E-state index contributed by atoms with van der Waals surface area (Å²) in [6, 6.07) is 12.7. The maximum absolute atomic E-state index is 12.3. The van der Waals surface area contributed by atoms with E-state index in [1.807, 2.05) is 12.1 Å². The topological polar surface area (TPSA) is 75.3 Å². The summed E-state index contributed by atoms with van der Waals surface area (Å²) >= 11 is 0. The van der Waals surface area contributed by atoms with Crippen LogP contribution >= 0.6 is 0 Å². The number of hydrogen-bond acceptors (Lipinski definition) is 4. The molecule has 3 rings (SSSR count). The molecule has 5 nitrogen and oxygen atoms in total. The maximum Gasteiger partial charge on any atom is 0.266 e. The molecule has 1 fully saturated rings. The molecule has 2 atom stereocenters. The summed E-state index contributed by atoms with van der Waals surface area (Å²) < 4.78 is 10.9. The number of nitrogens with one attached hydrogen (secondary N) is 1. The Bertz CT molecular complexity index is 829. The van der Waals surface area contributed by atoms with E-state index >= 15 is 0 Å². The molecular formula is C19H18N2O3. The smallest absolute Gasteiger partial charge is 0.266 e. The number of furan rings is 1. The summed E-state index contributed by atoms with van der Waals surface area (Å²) in [7, 11) is 1.52. The van der Waals surface area contributed by atoms with Crippen molar-refractivity contribution >= 4 is 17.7 Å². The molecule has 0 spiro atoms. The highest BCUT2D eigenvalue weighted by atomic mass is 16.5. The van der Waals surface area contributed by atoms with E-state index in [2.05, 4.69) is 12.2 Å². The van der Waals surface area contributed by atoms with Crippen LogP contribution in [0.5, 0.6) is 5.75 Å². The van der Waals surface area contributed by atoms with Crippen LogP contribution in [-0.4, -0.2) is 13.0 Å². The average molecular weight is 322 g/mol. The number of benzene rings is 1. The maximum atomic E-state index is 12.3. The van der Waals surface area contributed by atoms with E-state index in [9.17, 15) is 10.1 Å². The van der Waals surface area contributed by atoms with Gasteiger partial charge in [0.2, 0.25) is 0 Å². The van der Waals surface area contributed by atoms with Gasteiger partial charge in [0.25, 0.3) is 5.91 Å². The van der Waals surface area contributed by atoms with Crippen LogP contribution in [0.15, 0.2) is 46.4 Å². The third-order valence-corrected chi connectivity index (χ3v) is 4.13. The lowest BCUT2D eigenvalue weighted by atomic mass is 10.2. The number of para-hydroxylation sites is 2. The molecule has 5 heteroatoms. The molecule has 0 radical (unpaired) electrons. The number of carbonyl (C=O) groups excluding carboxylic acids is 1. The van der Waals surface area contributed by atoms with Gasteiger partial charge in [-0.1, -0.05) is 19.1 Å². The van der Waals surface area contributed by atoms with Crippen LogP contribution in [0.25, 0.3) is 6.08 Å². The van der Waals surface area contributed by atoms with E-state index in [1.54, 1.807) is 30.3 Å². The van der Waals surface area contributed by atoms with Crippen molar-refractivity contribution in [1.82, 2.24) is 0 Å². The summed E-state index contributed by atoms with van der Waals surface area (Å²) in [6.07, 6.45) is 2.58. The van der Waals surface area contributed by atoms with E-state index in [-0.39, 0.29) is 5.57 Å². The normalized spacial score (nSPS) is 19.5. The number of rotatable bonds is 5. The first-order valence-corrected chi connectivity index (χ1v) is 7.78. The monoisotopic (exact) mass is 322 g/mol. The first kappa shape index (κ1) is 15.9. The number of hydrogen-bond donors (Lipinski definition) is 1.